The summed E-state index contributed by atoms with van der Waals surface area (Å²) in [4.78, 5) is 24.8. The first-order chi connectivity index (χ1) is 12.0. The molecule has 6 heteroatoms. The number of furan rings is 1. The molecule has 0 atom stereocenters. The van der Waals surface area contributed by atoms with E-state index in [1.807, 2.05) is 0 Å². The molecule has 0 aliphatic carbocycles. The van der Waals surface area contributed by atoms with Crippen LogP contribution in [-0.2, 0) is 0 Å². The van der Waals surface area contributed by atoms with Gasteiger partial charge in [-0.05, 0) is 30.3 Å². The first kappa shape index (κ1) is 16.3. The summed E-state index contributed by atoms with van der Waals surface area (Å²) >= 11 is 0. The predicted molar refractivity (Wildman–Crippen MR) is 88.3 cm³/mol. The van der Waals surface area contributed by atoms with E-state index in [1.165, 1.54) is 37.4 Å². The van der Waals surface area contributed by atoms with Gasteiger partial charge in [-0.25, -0.2) is 0 Å². The molecule has 0 unspecified atom stereocenters. The Morgan fingerprint density at radius 1 is 0.920 bits per heavy atom. The van der Waals surface area contributed by atoms with Gasteiger partial charge in [0, 0.05) is 6.07 Å². The first-order valence-corrected chi connectivity index (χ1v) is 7.34. The van der Waals surface area contributed by atoms with Gasteiger partial charge in [-0.2, -0.15) is 0 Å². The van der Waals surface area contributed by atoms with Gasteiger partial charge in [0.25, 0.3) is 0 Å². The highest BCUT2D eigenvalue weighted by Crippen LogP contribution is 2.27. The summed E-state index contributed by atoms with van der Waals surface area (Å²) in [6.45, 7) is 0. The van der Waals surface area contributed by atoms with Crippen molar-refractivity contribution in [3.63, 3.8) is 0 Å². The van der Waals surface area contributed by atoms with Gasteiger partial charge < -0.3 is 19.4 Å². The van der Waals surface area contributed by atoms with E-state index in [1.54, 1.807) is 18.2 Å². The fourth-order valence-electron chi connectivity index (χ4n) is 2.36. The molecule has 0 saturated heterocycles. The molecule has 126 valence electrons. The highest BCUT2D eigenvalue weighted by atomic mass is 16.5. The van der Waals surface area contributed by atoms with Crippen LogP contribution in [0.3, 0.4) is 0 Å². The summed E-state index contributed by atoms with van der Waals surface area (Å²) in [6, 6.07) is 11.6. The van der Waals surface area contributed by atoms with E-state index in [2.05, 4.69) is 0 Å². The molecular formula is C19H14O6. The standard InChI is InChI=1S/C19H14O6/c1-24-12-6-7-14(16(21)9-12)18(22)11-8-17(25-10-11)19(23)13-4-2-3-5-15(13)20/h2-10,20-21H,1H3. The monoisotopic (exact) mass is 338 g/mol. The molecule has 0 aliphatic heterocycles. The highest BCUT2D eigenvalue weighted by molar-refractivity contribution is 6.13. The number of ether oxygens (including phenoxy) is 1. The Morgan fingerprint density at radius 3 is 2.32 bits per heavy atom. The summed E-state index contributed by atoms with van der Waals surface area (Å²) < 4.78 is 10.1. The molecular weight excluding hydrogens is 324 g/mol. The fourth-order valence-corrected chi connectivity index (χ4v) is 2.36. The van der Waals surface area contributed by atoms with Crippen molar-refractivity contribution in [3.05, 3.63) is 77.2 Å². The number of para-hydroxylation sites is 1. The Labute approximate surface area is 142 Å². The van der Waals surface area contributed by atoms with Gasteiger partial charge in [-0.3, -0.25) is 9.59 Å². The lowest BCUT2D eigenvalue weighted by Gasteiger charge is -2.04. The SMILES string of the molecule is COc1ccc(C(=O)c2coc(C(=O)c3ccccc3O)c2)c(O)c1. The number of carbonyl (C=O) groups is 2. The number of carbonyl (C=O) groups excluding carboxylic acids is 2. The average molecular weight is 338 g/mol. The van der Waals surface area contributed by atoms with Crippen LogP contribution in [0.4, 0.5) is 0 Å². The molecule has 1 heterocycles. The predicted octanol–water partition coefficient (Wildman–Crippen LogP) is 3.16. The van der Waals surface area contributed by atoms with Gasteiger partial charge in [-0.15, -0.1) is 0 Å². The van der Waals surface area contributed by atoms with Gasteiger partial charge in [0.05, 0.1) is 23.8 Å². The molecule has 25 heavy (non-hydrogen) atoms. The third-order valence-corrected chi connectivity index (χ3v) is 3.68. The molecule has 0 fully saturated rings. The number of hydrogen-bond donors (Lipinski definition) is 2. The first-order valence-electron chi connectivity index (χ1n) is 7.34. The van der Waals surface area contributed by atoms with Crippen LogP contribution in [-0.4, -0.2) is 28.9 Å². The summed E-state index contributed by atoms with van der Waals surface area (Å²) in [5.74, 6) is -1.13. The van der Waals surface area contributed by atoms with Crippen molar-refractivity contribution in [2.75, 3.05) is 7.11 Å². The number of rotatable bonds is 5. The van der Waals surface area contributed by atoms with E-state index in [0.29, 0.717) is 5.75 Å². The quantitative estimate of drug-likeness (QED) is 0.694. The zero-order chi connectivity index (χ0) is 18.0. The largest absolute Gasteiger partial charge is 0.507 e. The van der Waals surface area contributed by atoms with Crippen molar-refractivity contribution in [1.82, 2.24) is 0 Å². The number of ketones is 2. The molecule has 1 aromatic heterocycles. The second-order valence-electron chi connectivity index (χ2n) is 5.26. The lowest BCUT2D eigenvalue weighted by molar-refractivity contribution is 0.100. The average Bonchev–Trinajstić information content (AvgIpc) is 3.11. The third-order valence-electron chi connectivity index (χ3n) is 3.68. The fraction of sp³-hybridized carbons (Fsp3) is 0.0526. The number of methoxy groups -OCH3 is 1. The minimum Gasteiger partial charge on any atom is -0.507 e. The summed E-state index contributed by atoms with van der Waals surface area (Å²) in [6.07, 6.45) is 1.14. The molecule has 2 N–H and O–H groups in total. The molecule has 3 aromatic rings. The Hall–Kier alpha value is -3.54. The van der Waals surface area contributed by atoms with Crippen LogP contribution in [0.15, 0.2) is 59.2 Å². The molecule has 0 radical (unpaired) electrons. The highest BCUT2D eigenvalue weighted by Gasteiger charge is 2.21. The van der Waals surface area contributed by atoms with Crippen LogP contribution in [0, 0.1) is 0 Å². The van der Waals surface area contributed by atoms with E-state index in [0.717, 1.165) is 6.26 Å². The maximum absolute atomic E-state index is 12.5. The normalized spacial score (nSPS) is 10.4. The van der Waals surface area contributed by atoms with Crippen molar-refractivity contribution in [3.8, 4) is 17.2 Å². The van der Waals surface area contributed by atoms with Crippen LogP contribution in [0.25, 0.3) is 0 Å². The molecule has 0 amide bonds. The third kappa shape index (κ3) is 3.10. The number of phenolic OH excluding ortho intramolecular Hbond substituents is 2. The van der Waals surface area contributed by atoms with E-state index in [-0.39, 0.29) is 33.9 Å². The van der Waals surface area contributed by atoms with Crippen LogP contribution in [0.5, 0.6) is 17.2 Å². The van der Waals surface area contributed by atoms with Crippen molar-refractivity contribution in [1.29, 1.82) is 0 Å². The Bertz CT molecular complexity index is 954. The van der Waals surface area contributed by atoms with E-state index < -0.39 is 11.6 Å². The van der Waals surface area contributed by atoms with Gasteiger partial charge in [0.2, 0.25) is 5.78 Å². The maximum atomic E-state index is 12.5. The molecule has 2 aromatic carbocycles. The summed E-state index contributed by atoms with van der Waals surface area (Å²) in [7, 11) is 1.45. The van der Waals surface area contributed by atoms with E-state index in [9.17, 15) is 19.8 Å². The van der Waals surface area contributed by atoms with Crippen molar-refractivity contribution in [2.24, 2.45) is 0 Å². The summed E-state index contributed by atoms with van der Waals surface area (Å²) in [5.41, 5.74) is 0.241. The van der Waals surface area contributed by atoms with Crippen molar-refractivity contribution in [2.45, 2.75) is 0 Å². The van der Waals surface area contributed by atoms with Crippen LogP contribution in [0.2, 0.25) is 0 Å². The number of phenols is 2. The zero-order valence-electron chi connectivity index (χ0n) is 13.2. The Kier molecular flexibility index (Phi) is 4.26. The smallest absolute Gasteiger partial charge is 0.231 e. The minimum absolute atomic E-state index is 0.0585. The second-order valence-corrected chi connectivity index (χ2v) is 5.26. The van der Waals surface area contributed by atoms with Gasteiger partial charge in [-0.1, -0.05) is 12.1 Å². The Balaban J connectivity index is 1.90. The van der Waals surface area contributed by atoms with Crippen LogP contribution < -0.4 is 4.74 Å². The van der Waals surface area contributed by atoms with E-state index >= 15 is 0 Å². The molecule has 0 aliphatic rings. The second kappa shape index (κ2) is 6.52. The van der Waals surface area contributed by atoms with Gasteiger partial charge >= 0.3 is 0 Å². The summed E-state index contributed by atoms with van der Waals surface area (Å²) in [5, 5.41) is 19.7. The van der Waals surface area contributed by atoms with Crippen LogP contribution >= 0.6 is 0 Å². The lowest BCUT2D eigenvalue weighted by atomic mass is 10.0. The molecule has 0 bridgehead atoms. The van der Waals surface area contributed by atoms with Gasteiger partial charge in [0.15, 0.2) is 11.5 Å². The molecule has 0 saturated carbocycles. The number of benzene rings is 2. The topological polar surface area (TPSA) is 97.0 Å². The van der Waals surface area contributed by atoms with Crippen molar-refractivity contribution >= 4 is 11.6 Å². The lowest BCUT2D eigenvalue weighted by Crippen LogP contribution is -2.02. The number of hydrogen-bond acceptors (Lipinski definition) is 6. The molecule has 3 rings (SSSR count). The van der Waals surface area contributed by atoms with Crippen LogP contribution in [0.1, 0.15) is 32.0 Å². The van der Waals surface area contributed by atoms with Crippen molar-refractivity contribution < 1.29 is 29.0 Å². The number of aromatic hydroxyl groups is 2. The molecule has 6 nitrogen and oxygen atoms in total. The van der Waals surface area contributed by atoms with E-state index in [4.69, 9.17) is 9.15 Å². The zero-order valence-corrected chi connectivity index (χ0v) is 13.2. The molecule has 0 spiro atoms. The van der Waals surface area contributed by atoms with Gasteiger partial charge in [0.1, 0.15) is 23.5 Å². The maximum Gasteiger partial charge on any atom is 0.231 e. The Morgan fingerprint density at radius 2 is 1.64 bits per heavy atom. The minimum atomic E-state index is -0.545.